The Morgan fingerprint density at radius 1 is 1.08 bits per heavy atom. The van der Waals surface area contributed by atoms with Gasteiger partial charge < -0.3 is 20.2 Å². The van der Waals surface area contributed by atoms with Crippen LogP contribution in [-0.4, -0.2) is 96.3 Å². The molecule has 3 fully saturated rings. The lowest BCUT2D eigenvalue weighted by atomic mass is 9.81. The Balaban J connectivity index is 0.00000255. The van der Waals surface area contributed by atoms with E-state index < -0.39 is 18.1 Å². The van der Waals surface area contributed by atoms with Crippen molar-refractivity contribution < 1.29 is 19.5 Å². The monoisotopic (exact) mass is 663 g/mol. The van der Waals surface area contributed by atoms with Gasteiger partial charge in [0.25, 0.3) is 5.91 Å². The molecular formula is C38H57N5O5. The number of carbonyl (C=O) groups is 2. The van der Waals surface area contributed by atoms with E-state index in [9.17, 15) is 19.6 Å². The highest BCUT2D eigenvalue weighted by atomic mass is 16.7. The highest BCUT2D eigenvalue weighted by molar-refractivity contribution is 5.95. The Labute approximate surface area is 287 Å². The van der Waals surface area contributed by atoms with Gasteiger partial charge in [0.15, 0.2) is 0 Å². The molecule has 0 spiro atoms. The summed E-state index contributed by atoms with van der Waals surface area (Å²) in [4.78, 5) is 49.0. The van der Waals surface area contributed by atoms with Crippen LogP contribution in [0.2, 0.25) is 0 Å². The van der Waals surface area contributed by atoms with E-state index in [1.165, 1.54) is 0 Å². The van der Waals surface area contributed by atoms with Gasteiger partial charge in [-0.1, -0.05) is 76.5 Å². The van der Waals surface area contributed by atoms with Crippen LogP contribution >= 0.6 is 0 Å². The fourth-order valence-corrected chi connectivity index (χ4v) is 7.74. The second kappa shape index (κ2) is 17.0. The summed E-state index contributed by atoms with van der Waals surface area (Å²) in [5, 5.41) is 18.2. The standard InChI is InChI=1S/C36H51N5O5.C2H6/c1-24-19-36(2,3)15-8-13-31(24)38-34(43)33-30(20-37-45)32(23-42)46-41(33)21-25-9-6-10-26(17-25)27-11-7-12-28(18-27)35(44)40-16-14-29(22-40)39(4)5;1-2/h6-7,9-12,17-18,24,29-33,42H,8,13-16,19-23H2,1-5H3,(H,38,43);1-2H3/t24?,29?,30?,31-,32?,33?;/m0./s1. The molecule has 5 unspecified atom stereocenters. The number of carbonyl (C=O) groups excluding carboxylic acids is 2. The Morgan fingerprint density at radius 3 is 2.46 bits per heavy atom. The summed E-state index contributed by atoms with van der Waals surface area (Å²) >= 11 is 0. The third kappa shape index (κ3) is 9.08. The normalized spacial score (nSPS) is 27.2. The summed E-state index contributed by atoms with van der Waals surface area (Å²) in [5.74, 6) is -0.406. The van der Waals surface area contributed by atoms with E-state index >= 15 is 0 Å². The van der Waals surface area contributed by atoms with Crippen molar-refractivity contribution in [1.29, 1.82) is 0 Å². The zero-order chi connectivity index (χ0) is 35.0. The van der Waals surface area contributed by atoms with Crippen molar-refractivity contribution in [2.75, 3.05) is 40.3 Å². The van der Waals surface area contributed by atoms with Crippen LogP contribution in [0.5, 0.6) is 0 Å². The maximum Gasteiger partial charge on any atom is 0.253 e. The van der Waals surface area contributed by atoms with Crippen LogP contribution in [0.15, 0.2) is 53.7 Å². The minimum atomic E-state index is -0.769. The van der Waals surface area contributed by atoms with E-state index in [0.29, 0.717) is 17.5 Å². The summed E-state index contributed by atoms with van der Waals surface area (Å²) in [6.07, 6.45) is 4.35. The van der Waals surface area contributed by atoms with Gasteiger partial charge in [0.05, 0.1) is 19.7 Å². The lowest BCUT2D eigenvalue weighted by Gasteiger charge is -2.30. The number of hydroxylamine groups is 2. The third-order valence-corrected chi connectivity index (χ3v) is 10.3. The topological polar surface area (TPSA) is 115 Å². The van der Waals surface area contributed by atoms with Crippen molar-refractivity contribution in [3.63, 3.8) is 0 Å². The highest BCUT2D eigenvalue weighted by Gasteiger charge is 2.48. The zero-order valence-electron chi connectivity index (χ0n) is 30.0. The van der Waals surface area contributed by atoms with Gasteiger partial charge in [-0.3, -0.25) is 14.4 Å². The largest absolute Gasteiger partial charge is 0.394 e. The summed E-state index contributed by atoms with van der Waals surface area (Å²) < 4.78 is 0. The maximum absolute atomic E-state index is 13.9. The number of likely N-dealkylation sites (tertiary alicyclic amines) is 1. The summed E-state index contributed by atoms with van der Waals surface area (Å²) in [6.45, 7) is 12.1. The molecule has 10 nitrogen and oxygen atoms in total. The number of rotatable bonds is 10. The molecule has 0 aromatic heterocycles. The molecule has 10 heteroatoms. The summed E-state index contributed by atoms with van der Waals surface area (Å²) in [5.41, 5.74) is 3.66. The van der Waals surface area contributed by atoms with Crippen molar-refractivity contribution in [3.8, 4) is 11.1 Å². The van der Waals surface area contributed by atoms with Crippen molar-refractivity contribution in [3.05, 3.63) is 64.6 Å². The van der Waals surface area contributed by atoms with Gasteiger partial charge in [-0.05, 0) is 86.0 Å². The molecule has 0 bridgehead atoms. The van der Waals surface area contributed by atoms with Gasteiger partial charge in [-0.15, -0.1) is 0 Å². The quantitative estimate of drug-likeness (QED) is 0.246. The number of nitroso groups, excluding NO2 is 1. The second-order valence-electron chi connectivity index (χ2n) is 14.6. The van der Waals surface area contributed by atoms with E-state index in [0.717, 1.165) is 61.9 Å². The van der Waals surface area contributed by atoms with Crippen molar-refractivity contribution in [2.45, 2.75) is 97.5 Å². The molecule has 5 rings (SSSR count). The van der Waals surface area contributed by atoms with Gasteiger partial charge in [-0.2, -0.15) is 9.97 Å². The number of aliphatic hydroxyl groups is 1. The molecule has 1 aliphatic carbocycles. The molecule has 0 radical (unpaired) electrons. The molecule has 1 saturated carbocycles. The number of amides is 2. The first-order chi connectivity index (χ1) is 23.0. The van der Waals surface area contributed by atoms with Crippen LogP contribution in [-0.2, 0) is 16.2 Å². The molecule has 2 aliphatic heterocycles. The van der Waals surface area contributed by atoms with E-state index in [2.05, 4.69) is 50.3 Å². The Morgan fingerprint density at radius 2 is 1.79 bits per heavy atom. The molecule has 2 amide bonds. The fourth-order valence-electron chi connectivity index (χ4n) is 7.74. The SMILES string of the molecule is CC.CC1CC(C)(C)CCC[C@@H]1NC(=O)C1C(CN=O)C(CO)ON1Cc1cccc(-c2cccc(C(=O)N3CCC(N(C)C)C3)c2)c1. The molecular weight excluding hydrogens is 606 g/mol. The number of aliphatic hydroxyl groups excluding tert-OH is 1. The molecule has 2 saturated heterocycles. The van der Waals surface area contributed by atoms with E-state index in [4.69, 9.17) is 4.84 Å². The van der Waals surface area contributed by atoms with Crippen molar-refractivity contribution in [2.24, 2.45) is 22.4 Å². The Bertz CT molecular complexity index is 1380. The second-order valence-corrected chi connectivity index (χ2v) is 14.6. The summed E-state index contributed by atoms with van der Waals surface area (Å²) in [6, 6.07) is 15.3. The average Bonchev–Trinajstić information content (AvgIpc) is 3.67. The molecule has 3 aliphatic rings. The Hall–Kier alpha value is -3.18. The van der Waals surface area contributed by atoms with E-state index in [1.807, 2.05) is 67.3 Å². The van der Waals surface area contributed by atoms with Crippen molar-refractivity contribution in [1.82, 2.24) is 20.2 Å². The summed E-state index contributed by atoms with van der Waals surface area (Å²) in [7, 11) is 4.10. The van der Waals surface area contributed by atoms with Crippen LogP contribution in [0.25, 0.3) is 11.1 Å². The van der Waals surface area contributed by atoms with Gasteiger partial charge in [0.1, 0.15) is 12.1 Å². The van der Waals surface area contributed by atoms with Gasteiger partial charge in [0.2, 0.25) is 5.91 Å². The number of likely N-dealkylation sites (N-methyl/N-ethyl adjacent to an activating group) is 1. The molecule has 2 N–H and O–H groups in total. The van der Waals surface area contributed by atoms with Gasteiger partial charge in [-0.25, -0.2) is 0 Å². The Kier molecular flexibility index (Phi) is 13.3. The number of hydrogen-bond acceptors (Lipinski definition) is 8. The first-order valence-corrected chi connectivity index (χ1v) is 17.8. The lowest BCUT2D eigenvalue weighted by molar-refractivity contribution is -0.181. The predicted octanol–water partition coefficient (Wildman–Crippen LogP) is 5.74. The number of hydrogen-bond donors (Lipinski definition) is 2. The smallest absolute Gasteiger partial charge is 0.253 e. The minimum absolute atomic E-state index is 0.0294. The maximum atomic E-state index is 13.9. The zero-order valence-corrected chi connectivity index (χ0v) is 30.0. The van der Waals surface area contributed by atoms with Crippen LogP contribution in [0.1, 0.15) is 82.6 Å². The number of benzene rings is 2. The molecule has 2 aromatic carbocycles. The first-order valence-electron chi connectivity index (χ1n) is 17.8. The van der Waals surface area contributed by atoms with Crippen molar-refractivity contribution >= 4 is 11.8 Å². The number of nitrogens with zero attached hydrogens (tertiary/aromatic N) is 4. The minimum Gasteiger partial charge on any atom is -0.394 e. The van der Waals surface area contributed by atoms with E-state index in [1.54, 1.807) is 5.06 Å². The fraction of sp³-hybridized carbons (Fsp3) is 0.632. The van der Waals surface area contributed by atoms with Crippen LogP contribution < -0.4 is 5.32 Å². The molecule has 2 aromatic rings. The molecule has 48 heavy (non-hydrogen) atoms. The third-order valence-electron chi connectivity index (χ3n) is 10.3. The van der Waals surface area contributed by atoms with Crippen LogP contribution in [0, 0.1) is 22.2 Å². The average molecular weight is 664 g/mol. The first kappa shape index (κ1) is 37.6. The molecule has 264 valence electrons. The van der Waals surface area contributed by atoms with Gasteiger partial charge >= 0.3 is 0 Å². The number of nitrogens with one attached hydrogen (secondary N) is 1. The lowest BCUT2D eigenvalue weighted by Crippen LogP contribution is -2.51. The van der Waals surface area contributed by atoms with Gasteiger partial charge in [0, 0.05) is 36.7 Å². The predicted molar refractivity (Wildman–Crippen MR) is 190 cm³/mol. The van der Waals surface area contributed by atoms with Crippen LogP contribution in [0.4, 0.5) is 0 Å². The molecule has 6 atom stereocenters. The van der Waals surface area contributed by atoms with E-state index in [-0.39, 0.29) is 43.0 Å². The highest BCUT2D eigenvalue weighted by Crippen LogP contribution is 2.38. The van der Waals surface area contributed by atoms with Crippen LogP contribution in [0.3, 0.4) is 0 Å². The molecule has 2 heterocycles.